The van der Waals surface area contributed by atoms with E-state index in [4.69, 9.17) is 0 Å². The highest BCUT2D eigenvalue weighted by atomic mass is 32.2. The summed E-state index contributed by atoms with van der Waals surface area (Å²) in [6.45, 7) is 9.57. The van der Waals surface area contributed by atoms with E-state index in [0.29, 0.717) is 5.17 Å². The van der Waals surface area contributed by atoms with Gasteiger partial charge >= 0.3 is 0 Å². The van der Waals surface area contributed by atoms with Crippen LogP contribution in [0.25, 0.3) is 0 Å². The summed E-state index contributed by atoms with van der Waals surface area (Å²) in [5.74, 6) is 0.0702. The van der Waals surface area contributed by atoms with Gasteiger partial charge in [-0.25, -0.2) is 8.42 Å². The number of fused-ring (bicyclic) bond motifs is 1. The summed E-state index contributed by atoms with van der Waals surface area (Å²) < 4.78 is 24.2. The largest absolute Gasteiger partial charge is 0.315 e. The minimum atomic E-state index is -3.05. The molecule has 2 saturated heterocycles. The van der Waals surface area contributed by atoms with Gasteiger partial charge in [-0.05, 0) is 31.0 Å². The molecule has 0 aromatic heterocycles. The molecule has 0 bridgehead atoms. The van der Waals surface area contributed by atoms with E-state index < -0.39 is 15.3 Å². The number of thioether (sulfide) groups is 1. The zero-order valence-electron chi connectivity index (χ0n) is 15.2. The molecule has 2 atom stereocenters. The Labute approximate surface area is 153 Å². The van der Waals surface area contributed by atoms with Crippen molar-refractivity contribution in [3.05, 3.63) is 29.3 Å². The summed E-state index contributed by atoms with van der Waals surface area (Å²) in [7, 11) is -3.05. The molecule has 2 aliphatic heterocycles. The number of aryl methyl sites for hydroxylation is 1. The van der Waals surface area contributed by atoms with Gasteiger partial charge in [0.05, 0.1) is 17.5 Å². The molecule has 3 rings (SSSR count). The number of hydrogen-bond donors (Lipinski definition) is 0. The van der Waals surface area contributed by atoms with Crippen molar-refractivity contribution in [1.29, 1.82) is 0 Å². The second kappa shape index (κ2) is 6.13. The molecule has 7 heteroatoms. The van der Waals surface area contributed by atoms with Crippen molar-refractivity contribution in [2.75, 3.05) is 16.4 Å². The number of benzene rings is 1. The van der Waals surface area contributed by atoms with Crippen LogP contribution in [0.3, 0.4) is 0 Å². The first-order chi connectivity index (χ1) is 11.5. The van der Waals surface area contributed by atoms with Gasteiger partial charge in [-0.2, -0.15) is 4.99 Å². The molecule has 25 heavy (non-hydrogen) atoms. The molecule has 0 N–H and O–H groups in total. The standard InChI is InChI=1S/C18H24N2O3S2/c1-11-7-6-8-13(12(11)2)20-14-9-25(22,23)10-15(14)24-17(20)19-16(21)18(3,4)5/h6-8,14-15H,9-10H2,1-5H3/t14-,15+/m0/s1. The van der Waals surface area contributed by atoms with Crippen molar-refractivity contribution in [2.24, 2.45) is 10.4 Å². The van der Waals surface area contributed by atoms with Gasteiger partial charge in [-0.1, -0.05) is 44.7 Å². The van der Waals surface area contributed by atoms with Gasteiger partial charge in [0, 0.05) is 16.4 Å². The van der Waals surface area contributed by atoms with E-state index in [-0.39, 0.29) is 28.7 Å². The van der Waals surface area contributed by atoms with Crippen LogP contribution in [0.2, 0.25) is 0 Å². The lowest BCUT2D eigenvalue weighted by atomic mass is 9.96. The maximum atomic E-state index is 12.5. The number of aliphatic imine (C=N–C) groups is 1. The number of rotatable bonds is 1. The molecule has 1 aromatic rings. The third-order valence-corrected chi connectivity index (χ3v) is 7.95. The fourth-order valence-electron chi connectivity index (χ4n) is 3.10. The molecule has 0 saturated carbocycles. The van der Waals surface area contributed by atoms with E-state index in [2.05, 4.69) is 4.99 Å². The maximum absolute atomic E-state index is 12.5. The Morgan fingerprint density at radius 1 is 1.24 bits per heavy atom. The Morgan fingerprint density at radius 3 is 2.56 bits per heavy atom. The van der Waals surface area contributed by atoms with Crippen LogP contribution in [0.15, 0.2) is 23.2 Å². The van der Waals surface area contributed by atoms with E-state index in [9.17, 15) is 13.2 Å². The second-order valence-corrected chi connectivity index (χ2v) is 11.2. The van der Waals surface area contributed by atoms with Crippen LogP contribution >= 0.6 is 11.8 Å². The molecule has 2 heterocycles. The highest BCUT2D eigenvalue weighted by Gasteiger charge is 2.49. The van der Waals surface area contributed by atoms with Crippen LogP contribution in [0, 0.1) is 19.3 Å². The predicted octanol–water partition coefficient (Wildman–Crippen LogP) is 2.95. The van der Waals surface area contributed by atoms with Crippen LogP contribution in [0.4, 0.5) is 5.69 Å². The first kappa shape index (κ1) is 18.5. The summed E-state index contributed by atoms with van der Waals surface area (Å²) in [4.78, 5) is 18.8. The molecule has 2 fully saturated rings. The fourth-order valence-corrected chi connectivity index (χ4v) is 7.00. The number of nitrogens with zero attached hydrogens (tertiary/aromatic N) is 2. The molecular formula is C18H24N2O3S2. The number of sulfone groups is 1. The van der Waals surface area contributed by atoms with E-state index in [1.165, 1.54) is 11.8 Å². The summed E-state index contributed by atoms with van der Waals surface area (Å²) in [5.41, 5.74) is 2.60. The topological polar surface area (TPSA) is 66.8 Å². The average Bonchev–Trinajstić information content (AvgIpc) is 2.92. The maximum Gasteiger partial charge on any atom is 0.253 e. The van der Waals surface area contributed by atoms with Crippen molar-refractivity contribution >= 4 is 38.4 Å². The molecule has 5 nitrogen and oxygen atoms in total. The first-order valence-electron chi connectivity index (χ1n) is 8.35. The minimum Gasteiger partial charge on any atom is -0.315 e. The zero-order valence-corrected chi connectivity index (χ0v) is 16.9. The Kier molecular flexibility index (Phi) is 4.52. The zero-order chi connectivity index (χ0) is 18.6. The molecule has 0 spiro atoms. The van der Waals surface area contributed by atoms with Gasteiger partial charge in [0.15, 0.2) is 15.0 Å². The third-order valence-electron chi connectivity index (χ3n) is 4.74. The Hall–Kier alpha value is -1.34. The molecule has 1 amide bonds. The SMILES string of the molecule is Cc1cccc(N2C(=NC(=O)C(C)(C)C)S[C@@H]3CS(=O)(=O)C[C@@H]32)c1C. The number of anilines is 1. The lowest BCUT2D eigenvalue weighted by Gasteiger charge is -2.27. The van der Waals surface area contributed by atoms with Crippen LogP contribution in [-0.2, 0) is 14.6 Å². The predicted molar refractivity (Wildman–Crippen MR) is 104 cm³/mol. The Morgan fingerprint density at radius 2 is 1.92 bits per heavy atom. The van der Waals surface area contributed by atoms with E-state index >= 15 is 0 Å². The molecular weight excluding hydrogens is 356 g/mol. The number of amidine groups is 1. The fraction of sp³-hybridized carbons (Fsp3) is 0.556. The van der Waals surface area contributed by atoms with E-state index in [1.807, 2.05) is 57.7 Å². The number of hydrogen-bond acceptors (Lipinski definition) is 4. The number of carbonyl (C=O) groups is 1. The van der Waals surface area contributed by atoms with Gasteiger partial charge in [0.2, 0.25) is 0 Å². The smallest absolute Gasteiger partial charge is 0.253 e. The van der Waals surface area contributed by atoms with Crippen LogP contribution in [0.5, 0.6) is 0 Å². The first-order valence-corrected chi connectivity index (χ1v) is 11.1. The monoisotopic (exact) mass is 380 g/mol. The molecule has 0 radical (unpaired) electrons. The van der Waals surface area contributed by atoms with Crippen LogP contribution < -0.4 is 4.90 Å². The van der Waals surface area contributed by atoms with Gasteiger partial charge < -0.3 is 4.90 Å². The average molecular weight is 381 g/mol. The van der Waals surface area contributed by atoms with Crippen molar-refractivity contribution in [1.82, 2.24) is 0 Å². The second-order valence-electron chi connectivity index (χ2n) is 7.84. The van der Waals surface area contributed by atoms with Crippen molar-refractivity contribution in [2.45, 2.75) is 45.9 Å². The molecule has 2 aliphatic rings. The number of carbonyl (C=O) groups excluding carboxylic acids is 1. The molecule has 1 aromatic carbocycles. The van der Waals surface area contributed by atoms with Gasteiger partial charge in [-0.15, -0.1) is 0 Å². The summed E-state index contributed by atoms with van der Waals surface area (Å²) in [6.07, 6.45) is 0. The molecule has 0 unspecified atom stereocenters. The Bertz CT molecular complexity index is 854. The van der Waals surface area contributed by atoms with Crippen LogP contribution in [-0.4, -0.2) is 42.3 Å². The van der Waals surface area contributed by atoms with Crippen LogP contribution in [0.1, 0.15) is 31.9 Å². The van der Waals surface area contributed by atoms with E-state index in [0.717, 1.165) is 16.8 Å². The summed E-state index contributed by atoms with van der Waals surface area (Å²) >= 11 is 1.42. The lowest BCUT2D eigenvalue weighted by Crippen LogP contribution is -2.38. The summed E-state index contributed by atoms with van der Waals surface area (Å²) in [6, 6.07) is 5.81. The van der Waals surface area contributed by atoms with Gasteiger partial charge in [0.25, 0.3) is 5.91 Å². The molecule has 136 valence electrons. The van der Waals surface area contributed by atoms with Crippen molar-refractivity contribution in [3.8, 4) is 0 Å². The highest BCUT2D eigenvalue weighted by molar-refractivity contribution is 8.16. The highest BCUT2D eigenvalue weighted by Crippen LogP contribution is 2.42. The quantitative estimate of drug-likeness (QED) is 0.749. The van der Waals surface area contributed by atoms with Gasteiger partial charge in [-0.3, -0.25) is 4.79 Å². The molecule has 0 aliphatic carbocycles. The summed E-state index contributed by atoms with van der Waals surface area (Å²) in [5, 5.41) is 0.551. The van der Waals surface area contributed by atoms with E-state index in [1.54, 1.807) is 0 Å². The third kappa shape index (κ3) is 3.49. The normalized spacial score (nSPS) is 26.9. The van der Waals surface area contributed by atoms with Crippen molar-refractivity contribution in [3.63, 3.8) is 0 Å². The lowest BCUT2D eigenvalue weighted by molar-refractivity contribution is -0.124. The Balaban J connectivity index is 2.09. The van der Waals surface area contributed by atoms with Gasteiger partial charge in [0.1, 0.15) is 0 Å². The number of amides is 1. The minimum absolute atomic E-state index is 0.0727. The van der Waals surface area contributed by atoms with Crippen molar-refractivity contribution < 1.29 is 13.2 Å².